The van der Waals surface area contributed by atoms with Gasteiger partial charge in [0.1, 0.15) is 5.75 Å². The minimum absolute atomic E-state index is 0.227. The largest absolute Gasteiger partial charge is 0.465 e. The van der Waals surface area contributed by atoms with Crippen LogP contribution in [-0.2, 0) is 11.2 Å². The van der Waals surface area contributed by atoms with Gasteiger partial charge in [0.25, 0.3) is 0 Å². The fourth-order valence-electron chi connectivity index (χ4n) is 3.60. The van der Waals surface area contributed by atoms with E-state index >= 15 is 0 Å². The maximum absolute atomic E-state index is 6.38. The van der Waals surface area contributed by atoms with Crippen molar-refractivity contribution in [2.45, 2.75) is 77.1 Å². The van der Waals surface area contributed by atoms with Gasteiger partial charge in [-0.3, -0.25) is 0 Å². The third-order valence-electron chi connectivity index (χ3n) is 5.47. The summed E-state index contributed by atoms with van der Waals surface area (Å²) < 4.78 is 12.6. The summed E-state index contributed by atoms with van der Waals surface area (Å²) in [5.41, 5.74) is 2.62. The number of hydrogen-bond donors (Lipinski definition) is 0. The fraction of sp³-hybridized carbons (Fsp3) is 0.500. The van der Waals surface area contributed by atoms with Gasteiger partial charge in [0.2, 0.25) is 6.29 Å². The van der Waals surface area contributed by atoms with Crippen molar-refractivity contribution in [2.75, 3.05) is 0 Å². The van der Waals surface area contributed by atoms with Gasteiger partial charge in [-0.2, -0.15) is 0 Å². The van der Waals surface area contributed by atoms with Crippen molar-refractivity contribution in [2.24, 2.45) is 0 Å². The van der Waals surface area contributed by atoms with Crippen LogP contribution in [0.5, 0.6) is 5.75 Å². The van der Waals surface area contributed by atoms with E-state index in [0.29, 0.717) is 12.0 Å². The molecule has 2 unspecified atom stereocenters. The molecule has 0 N–H and O–H groups in total. The fourth-order valence-corrected chi connectivity index (χ4v) is 3.60. The summed E-state index contributed by atoms with van der Waals surface area (Å²) in [6.45, 7) is 4.49. The van der Waals surface area contributed by atoms with Gasteiger partial charge in [0.05, 0.1) is 6.10 Å². The zero-order valence-corrected chi connectivity index (χ0v) is 16.2. The molecule has 140 valence electrons. The zero-order chi connectivity index (χ0) is 18.2. The van der Waals surface area contributed by atoms with Gasteiger partial charge in [-0.15, -0.1) is 0 Å². The SMILES string of the molecule is CCC(C)c1ccc(OC(Cc2ccccc2)OC2CCCCC2)cc1. The lowest BCUT2D eigenvalue weighted by Gasteiger charge is -2.28. The molecule has 2 nitrogen and oxygen atoms in total. The van der Waals surface area contributed by atoms with E-state index in [0.717, 1.165) is 31.4 Å². The third-order valence-corrected chi connectivity index (χ3v) is 5.47. The lowest BCUT2D eigenvalue weighted by atomic mass is 9.98. The lowest BCUT2D eigenvalue weighted by molar-refractivity contribution is -0.127. The van der Waals surface area contributed by atoms with Gasteiger partial charge in [0.15, 0.2) is 0 Å². The first-order valence-corrected chi connectivity index (χ1v) is 10.2. The Hall–Kier alpha value is -1.80. The first-order chi connectivity index (χ1) is 12.7. The Morgan fingerprint density at radius 3 is 2.27 bits per heavy atom. The molecule has 1 fully saturated rings. The lowest BCUT2D eigenvalue weighted by Crippen LogP contribution is -2.30. The summed E-state index contributed by atoms with van der Waals surface area (Å²) in [5, 5.41) is 0. The van der Waals surface area contributed by atoms with Crippen molar-refractivity contribution in [1.29, 1.82) is 0 Å². The average Bonchev–Trinajstić information content (AvgIpc) is 2.69. The van der Waals surface area contributed by atoms with Crippen LogP contribution in [0, 0.1) is 0 Å². The molecule has 1 aliphatic rings. The van der Waals surface area contributed by atoms with Crippen molar-refractivity contribution in [1.82, 2.24) is 0 Å². The van der Waals surface area contributed by atoms with E-state index in [2.05, 4.69) is 68.4 Å². The van der Waals surface area contributed by atoms with E-state index in [1.807, 2.05) is 0 Å². The van der Waals surface area contributed by atoms with E-state index in [4.69, 9.17) is 9.47 Å². The quantitative estimate of drug-likeness (QED) is 0.505. The summed E-state index contributed by atoms with van der Waals surface area (Å²) in [5.74, 6) is 1.48. The predicted octanol–water partition coefficient (Wildman–Crippen LogP) is 6.50. The van der Waals surface area contributed by atoms with Crippen LogP contribution in [0.3, 0.4) is 0 Å². The Bertz CT molecular complexity index is 629. The Balaban J connectivity index is 1.67. The maximum Gasteiger partial charge on any atom is 0.204 e. The normalized spacial score (nSPS) is 17.6. The topological polar surface area (TPSA) is 18.5 Å². The molecule has 2 aromatic carbocycles. The minimum atomic E-state index is -0.227. The molecule has 0 heterocycles. The number of rotatable bonds is 8. The number of hydrogen-bond acceptors (Lipinski definition) is 2. The van der Waals surface area contributed by atoms with E-state index in [-0.39, 0.29) is 6.29 Å². The highest BCUT2D eigenvalue weighted by molar-refractivity contribution is 5.29. The Morgan fingerprint density at radius 2 is 1.62 bits per heavy atom. The van der Waals surface area contributed by atoms with E-state index in [1.54, 1.807) is 0 Å². The second-order valence-corrected chi connectivity index (χ2v) is 7.51. The molecule has 2 aromatic rings. The Kier molecular flexibility index (Phi) is 7.13. The van der Waals surface area contributed by atoms with Gasteiger partial charge in [-0.1, -0.05) is 75.6 Å². The Morgan fingerprint density at radius 1 is 0.923 bits per heavy atom. The van der Waals surface area contributed by atoms with E-state index in [9.17, 15) is 0 Å². The van der Waals surface area contributed by atoms with Crippen LogP contribution in [0.2, 0.25) is 0 Å². The molecule has 1 saturated carbocycles. The molecule has 0 aliphatic heterocycles. The highest BCUT2D eigenvalue weighted by Crippen LogP contribution is 2.26. The molecule has 0 radical (unpaired) electrons. The summed E-state index contributed by atoms with van der Waals surface area (Å²) in [7, 11) is 0. The summed E-state index contributed by atoms with van der Waals surface area (Å²) in [6, 6.07) is 19.0. The number of benzene rings is 2. The minimum Gasteiger partial charge on any atom is -0.465 e. The predicted molar refractivity (Wildman–Crippen MR) is 108 cm³/mol. The van der Waals surface area contributed by atoms with Gasteiger partial charge >= 0.3 is 0 Å². The molecule has 2 heteroatoms. The molecule has 2 atom stereocenters. The molecule has 1 aliphatic carbocycles. The summed E-state index contributed by atoms with van der Waals surface area (Å²) in [6.07, 6.45) is 8.22. The van der Waals surface area contributed by atoms with Crippen LogP contribution >= 0.6 is 0 Å². The van der Waals surface area contributed by atoms with Gasteiger partial charge in [0, 0.05) is 6.42 Å². The van der Waals surface area contributed by atoms with Crippen molar-refractivity contribution in [3.63, 3.8) is 0 Å². The first-order valence-electron chi connectivity index (χ1n) is 10.2. The van der Waals surface area contributed by atoms with E-state index < -0.39 is 0 Å². The average molecular weight is 353 g/mol. The standard InChI is InChI=1S/C24H32O2/c1-3-19(2)21-14-16-23(17-15-21)26-24(18-20-10-6-4-7-11-20)25-22-12-8-5-9-13-22/h4,6-7,10-11,14-17,19,22,24H,3,5,8-9,12-13,18H2,1-2H3. The second kappa shape index (κ2) is 9.78. The number of ether oxygens (including phenoxy) is 2. The first kappa shape index (κ1) is 19.0. The molecule has 26 heavy (non-hydrogen) atoms. The van der Waals surface area contributed by atoms with Crippen molar-refractivity contribution < 1.29 is 9.47 Å². The van der Waals surface area contributed by atoms with Crippen LogP contribution in [0.25, 0.3) is 0 Å². The highest BCUT2D eigenvalue weighted by Gasteiger charge is 2.21. The smallest absolute Gasteiger partial charge is 0.204 e. The molecule has 3 rings (SSSR count). The molecule has 0 amide bonds. The Labute approximate surface area is 158 Å². The molecule has 0 saturated heterocycles. The summed E-state index contributed by atoms with van der Waals surface area (Å²) >= 11 is 0. The second-order valence-electron chi connectivity index (χ2n) is 7.51. The van der Waals surface area contributed by atoms with Crippen molar-refractivity contribution >= 4 is 0 Å². The highest BCUT2D eigenvalue weighted by atomic mass is 16.7. The monoisotopic (exact) mass is 352 g/mol. The van der Waals surface area contributed by atoms with Crippen molar-refractivity contribution in [3.8, 4) is 5.75 Å². The van der Waals surface area contributed by atoms with Crippen LogP contribution in [0.4, 0.5) is 0 Å². The molecule has 0 bridgehead atoms. The van der Waals surface area contributed by atoms with Crippen LogP contribution in [0.1, 0.15) is 69.4 Å². The third kappa shape index (κ3) is 5.60. The zero-order valence-electron chi connectivity index (χ0n) is 16.2. The molecule has 0 aromatic heterocycles. The van der Waals surface area contributed by atoms with Crippen LogP contribution in [0.15, 0.2) is 54.6 Å². The van der Waals surface area contributed by atoms with E-state index in [1.165, 1.54) is 30.4 Å². The summed E-state index contributed by atoms with van der Waals surface area (Å²) in [4.78, 5) is 0. The van der Waals surface area contributed by atoms with Gasteiger partial charge in [-0.25, -0.2) is 0 Å². The molecular formula is C24H32O2. The maximum atomic E-state index is 6.38. The van der Waals surface area contributed by atoms with Gasteiger partial charge < -0.3 is 9.47 Å². The molecular weight excluding hydrogens is 320 g/mol. The van der Waals surface area contributed by atoms with Crippen molar-refractivity contribution in [3.05, 3.63) is 65.7 Å². The molecule has 0 spiro atoms. The van der Waals surface area contributed by atoms with Crippen LogP contribution < -0.4 is 4.74 Å². The van der Waals surface area contributed by atoms with Crippen LogP contribution in [-0.4, -0.2) is 12.4 Å². The van der Waals surface area contributed by atoms with Gasteiger partial charge in [-0.05, 0) is 48.4 Å².